The van der Waals surface area contributed by atoms with E-state index >= 15 is 0 Å². The van der Waals surface area contributed by atoms with Gasteiger partial charge in [-0.25, -0.2) is 8.42 Å². The van der Waals surface area contributed by atoms with Crippen molar-refractivity contribution in [2.24, 2.45) is 0 Å². The SMILES string of the molecule is CN(C(=O)COc1ccccc1[N+](=O)[O-])c1ccc(S(C)(=O)=O)cc1. The van der Waals surface area contributed by atoms with Gasteiger partial charge in [-0.3, -0.25) is 14.9 Å². The van der Waals surface area contributed by atoms with E-state index in [1.54, 1.807) is 6.07 Å². The fourth-order valence-electron chi connectivity index (χ4n) is 2.03. The highest BCUT2D eigenvalue weighted by atomic mass is 32.2. The van der Waals surface area contributed by atoms with E-state index in [2.05, 4.69) is 0 Å². The summed E-state index contributed by atoms with van der Waals surface area (Å²) in [4.78, 5) is 23.9. The van der Waals surface area contributed by atoms with Gasteiger partial charge in [0, 0.05) is 25.1 Å². The lowest BCUT2D eigenvalue weighted by atomic mass is 10.3. The Bertz CT molecular complexity index is 893. The third kappa shape index (κ3) is 4.54. The highest BCUT2D eigenvalue weighted by molar-refractivity contribution is 7.90. The first-order valence-electron chi connectivity index (χ1n) is 7.13. The van der Waals surface area contributed by atoms with E-state index in [1.807, 2.05) is 0 Å². The molecular weight excluding hydrogens is 348 g/mol. The largest absolute Gasteiger partial charge is 0.477 e. The van der Waals surface area contributed by atoms with Gasteiger partial charge in [0.25, 0.3) is 5.91 Å². The molecule has 1 amide bonds. The molecule has 0 bridgehead atoms. The molecule has 0 unspecified atom stereocenters. The molecule has 0 spiro atoms. The third-order valence-corrected chi connectivity index (χ3v) is 4.57. The number of nitro groups is 1. The first-order chi connectivity index (χ1) is 11.7. The molecule has 0 aliphatic carbocycles. The third-order valence-electron chi connectivity index (χ3n) is 3.44. The zero-order chi connectivity index (χ0) is 18.6. The first-order valence-corrected chi connectivity index (χ1v) is 9.02. The normalized spacial score (nSPS) is 11.0. The van der Waals surface area contributed by atoms with Gasteiger partial charge in [0.15, 0.2) is 22.2 Å². The molecule has 25 heavy (non-hydrogen) atoms. The summed E-state index contributed by atoms with van der Waals surface area (Å²) in [7, 11) is -1.82. The molecule has 0 aliphatic rings. The van der Waals surface area contributed by atoms with E-state index in [4.69, 9.17) is 4.74 Å². The minimum absolute atomic E-state index is 0.00155. The quantitative estimate of drug-likeness (QED) is 0.573. The number of carbonyl (C=O) groups excluding carboxylic acids is 1. The zero-order valence-corrected chi connectivity index (χ0v) is 14.4. The second kappa shape index (κ2) is 7.31. The van der Waals surface area contributed by atoms with Crippen molar-refractivity contribution < 1.29 is 22.9 Å². The standard InChI is InChI=1S/C16H16N2O6S/c1-17(12-7-9-13(10-8-12)25(2,22)23)16(19)11-24-15-6-4-3-5-14(15)18(20)21/h3-10H,11H2,1-2H3. The van der Waals surface area contributed by atoms with Crippen molar-refractivity contribution in [2.45, 2.75) is 4.90 Å². The van der Waals surface area contributed by atoms with Crippen LogP contribution in [0, 0.1) is 10.1 Å². The molecule has 132 valence electrons. The number of nitro benzene ring substituents is 1. The summed E-state index contributed by atoms with van der Waals surface area (Å²) in [5.41, 5.74) is 0.249. The topological polar surface area (TPSA) is 107 Å². The fraction of sp³-hybridized carbons (Fsp3) is 0.188. The maximum atomic E-state index is 12.2. The molecule has 0 aromatic heterocycles. The van der Waals surface area contributed by atoms with Crippen LogP contribution in [0.15, 0.2) is 53.4 Å². The molecule has 9 heteroatoms. The molecule has 0 radical (unpaired) electrons. The van der Waals surface area contributed by atoms with Crippen LogP contribution in [-0.4, -0.2) is 39.2 Å². The van der Waals surface area contributed by atoms with Gasteiger partial charge < -0.3 is 9.64 Å². The second-order valence-corrected chi connectivity index (χ2v) is 7.25. The van der Waals surface area contributed by atoms with Crippen LogP contribution in [-0.2, 0) is 14.6 Å². The Morgan fingerprint density at radius 1 is 1.16 bits per heavy atom. The number of likely N-dealkylation sites (N-methyl/N-ethyl adjacent to an activating group) is 1. The van der Waals surface area contributed by atoms with Crippen molar-refractivity contribution in [1.82, 2.24) is 0 Å². The number of sulfone groups is 1. The summed E-state index contributed by atoms with van der Waals surface area (Å²) in [5, 5.41) is 10.9. The van der Waals surface area contributed by atoms with E-state index in [0.717, 1.165) is 6.26 Å². The summed E-state index contributed by atoms with van der Waals surface area (Å²) in [6, 6.07) is 11.6. The van der Waals surface area contributed by atoms with Gasteiger partial charge in [-0.2, -0.15) is 0 Å². The minimum Gasteiger partial charge on any atom is -0.477 e. The lowest BCUT2D eigenvalue weighted by molar-refractivity contribution is -0.385. The first kappa shape index (κ1) is 18.4. The van der Waals surface area contributed by atoms with E-state index in [0.29, 0.717) is 5.69 Å². The number of rotatable bonds is 6. The molecule has 2 rings (SSSR count). The number of amides is 1. The highest BCUT2D eigenvalue weighted by Crippen LogP contribution is 2.26. The summed E-state index contributed by atoms with van der Waals surface area (Å²) >= 11 is 0. The van der Waals surface area contributed by atoms with Gasteiger partial charge in [-0.1, -0.05) is 12.1 Å². The Morgan fingerprint density at radius 3 is 2.32 bits per heavy atom. The van der Waals surface area contributed by atoms with Crippen molar-refractivity contribution in [1.29, 1.82) is 0 Å². The number of hydrogen-bond acceptors (Lipinski definition) is 6. The number of benzene rings is 2. The zero-order valence-electron chi connectivity index (χ0n) is 13.6. The van der Waals surface area contributed by atoms with Crippen LogP contribution in [0.5, 0.6) is 5.75 Å². The van der Waals surface area contributed by atoms with Crippen LogP contribution in [0.4, 0.5) is 11.4 Å². The molecule has 0 atom stereocenters. The summed E-state index contributed by atoms with van der Waals surface area (Å²) in [6.45, 7) is -0.394. The molecule has 0 saturated carbocycles. The van der Waals surface area contributed by atoms with Gasteiger partial charge >= 0.3 is 5.69 Å². The molecule has 0 aliphatic heterocycles. The van der Waals surface area contributed by atoms with Crippen LogP contribution >= 0.6 is 0 Å². The summed E-state index contributed by atoms with van der Waals surface area (Å²) in [5.74, 6) is -0.438. The van der Waals surface area contributed by atoms with Crippen molar-refractivity contribution in [3.63, 3.8) is 0 Å². The number of para-hydroxylation sites is 2. The predicted molar refractivity (Wildman–Crippen MR) is 91.6 cm³/mol. The number of hydrogen-bond donors (Lipinski definition) is 0. The Morgan fingerprint density at radius 2 is 1.76 bits per heavy atom. The smallest absolute Gasteiger partial charge is 0.310 e. The molecular formula is C16H16N2O6S. The van der Waals surface area contributed by atoms with Crippen LogP contribution in [0.2, 0.25) is 0 Å². The summed E-state index contributed by atoms with van der Waals surface area (Å²) < 4.78 is 28.1. The van der Waals surface area contributed by atoms with E-state index in [1.165, 1.54) is 54.4 Å². The maximum absolute atomic E-state index is 12.2. The van der Waals surface area contributed by atoms with E-state index in [-0.39, 0.29) is 16.3 Å². The summed E-state index contributed by atoms with van der Waals surface area (Å²) in [6.07, 6.45) is 1.09. The lowest BCUT2D eigenvalue weighted by Gasteiger charge is -2.18. The van der Waals surface area contributed by atoms with Gasteiger partial charge in [-0.15, -0.1) is 0 Å². The average Bonchev–Trinajstić information content (AvgIpc) is 2.58. The van der Waals surface area contributed by atoms with Gasteiger partial charge in [0.2, 0.25) is 0 Å². The lowest BCUT2D eigenvalue weighted by Crippen LogP contribution is -2.31. The highest BCUT2D eigenvalue weighted by Gasteiger charge is 2.17. The van der Waals surface area contributed by atoms with Gasteiger partial charge in [0.1, 0.15) is 0 Å². The van der Waals surface area contributed by atoms with Crippen molar-refractivity contribution in [3.8, 4) is 5.75 Å². The molecule has 2 aromatic rings. The molecule has 8 nitrogen and oxygen atoms in total. The Labute approximate surface area is 144 Å². The number of carbonyl (C=O) groups is 1. The predicted octanol–water partition coefficient (Wildman–Crippen LogP) is 2.04. The molecule has 0 heterocycles. The van der Waals surface area contributed by atoms with Gasteiger partial charge in [0.05, 0.1) is 9.82 Å². The van der Waals surface area contributed by atoms with Crippen molar-refractivity contribution >= 4 is 27.1 Å². The average molecular weight is 364 g/mol. The van der Waals surface area contributed by atoms with Crippen LogP contribution in [0.25, 0.3) is 0 Å². The van der Waals surface area contributed by atoms with E-state index < -0.39 is 27.3 Å². The Hall–Kier alpha value is -2.94. The number of nitrogens with zero attached hydrogens (tertiary/aromatic N) is 2. The Kier molecular flexibility index (Phi) is 5.38. The number of anilines is 1. The molecule has 0 fully saturated rings. The van der Waals surface area contributed by atoms with Crippen molar-refractivity contribution in [3.05, 3.63) is 58.6 Å². The monoisotopic (exact) mass is 364 g/mol. The van der Waals surface area contributed by atoms with Crippen LogP contribution < -0.4 is 9.64 Å². The fourth-order valence-corrected chi connectivity index (χ4v) is 2.66. The van der Waals surface area contributed by atoms with Crippen LogP contribution in [0.1, 0.15) is 0 Å². The second-order valence-electron chi connectivity index (χ2n) is 5.23. The van der Waals surface area contributed by atoms with Crippen molar-refractivity contribution in [2.75, 3.05) is 24.8 Å². The molecule has 0 N–H and O–H groups in total. The maximum Gasteiger partial charge on any atom is 0.310 e. The molecule has 2 aromatic carbocycles. The molecule has 0 saturated heterocycles. The number of ether oxygens (including phenoxy) is 1. The van der Waals surface area contributed by atoms with E-state index in [9.17, 15) is 23.3 Å². The van der Waals surface area contributed by atoms with Gasteiger partial charge in [-0.05, 0) is 30.3 Å². The Balaban J connectivity index is 2.07. The van der Waals surface area contributed by atoms with Crippen LogP contribution in [0.3, 0.4) is 0 Å². The minimum atomic E-state index is -3.32.